The predicted octanol–water partition coefficient (Wildman–Crippen LogP) is 9.41. The number of esters is 2. The molecule has 0 radical (unpaired) electrons. The van der Waals surface area contributed by atoms with Gasteiger partial charge in [0.2, 0.25) is 0 Å². The molecule has 0 aromatic carbocycles. The molecular weight excluding hydrogens is 803 g/mol. The summed E-state index contributed by atoms with van der Waals surface area (Å²) >= 11 is 0. The van der Waals surface area contributed by atoms with Crippen LogP contribution in [0.5, 0.6) is 0 Å². The minimum Gasteiger partial charge on any atom is -0.462 e. The van der Waals surface area contributed by atoms with Crippen LogP contribution in [-0.4, -0.2) is 99.3 Å². The van der Waals surface area contributed by atoms with Crippen LogP contribution in [0.4, 0.5) is 0 Å². The Hall–Kier alpha value is -1.41. The molecule has 0 bridgehead atoms. The third kappa shape index (κ3) is 31.2. The molecule has 2 unspecified atom stereocenters. The Labute approximate surface area is 369 Å². The number of unbranched alkanes of at least 4 members (excludes halogenated alkanes) is 18. The molecule has 0 aliphatic heterocycles. The minimum atomic E-state index is -4.68. The van der Waals surface area contributed by atoms with E-state index in [2.05, 4.69) is 20.8 Å². The molecule has 14 heteroatoms. The van der Waals surface area contributed by atoms with Gasteiger partial charge in [0.1, 0.15) is 12.7 Å². The fourth-order valence-corrected chi connectivity index (χ4v) is 8.68. The molecule has 0 heterocycles. The van der Waals surface area contributed by atoms with E-state index in [1.807, 2.05) is 6.08 Å². The predicted molar refractivity (Wildman–Crippen MR) is 240 cm³/mol. The molecule has 1 fully saturated rings. The van der Waals surface area contributed by atoms with Crippen molar-refractivity contribution >= 4 is 19.8 Å². The maximum absolute atomic E-state index is 12.8. The van der Waals surface area contributed by atoms with E-state index in [4.69, 9.17) is 23.6 Å². The Morgan fingerprint density at radius 1 is 0.689 bits per heavy atom. The number of aliphatic hydroxyl groups excluding tert-OH is 5. The van der Waals surface area contributed by atoms with E-state index in [0.29, 0.717) is 38.5 Å². The molecule has 0 aromatic rings. The van der Waals surface area contributed by atoms with Gasteiger partial charge in [0, 0.05) is 25.2 Å². The van der Waals surface area contributed by atoms with E-state index in [1.165, 1.54) is 77.0 Å². The summed E-state index contributed by atoms with van der Waals surface area (Å²) in [6, 6.07) is 0. The van der Waals surface area contributed by atoms with Gasteiger partial charge in [-0.2, -0.15) is 0 Å². The van der Waals surface area contributed by atoms with Gasteiger partial charge in [0.25, 0.3) is 0 Å². The van der Waals surface area contributed by atoms with E-state index < -0.39 is 70.1 Å². The van der Waals surface area contributed by atoms with Gasteiger partial charge in [-0.3, -0.25) is 18.6 Å². The van der Waals surface area contributed by atoms with E-state index in [1.54, 1.807) is 6.08 Å². The number of phosphoric acid groups is 1. The molecular formula is C47H89O13P. The Morgan fingerprint density at radius 2 is 1.21 bits per heavy atom. The van der Waals surface area contributed by atoms with Gasteiger partial charge in [-0.05, 0) is 37.5 Å². The highest BCUT2D eigenvalue weighted by atomic mass is 31.2. The third-order valence-electron chi connectivity index (χ3n) is 12.1. The molecule has 1 rings (SSSR count). The molecule has 360 valence electrons. The molecule has 0 amide bonds. The first-order valence-corrected chi connectivity index (χ1v) is 25.8. The summed E-state index contributed by atoms with van der Waals surface area (Å²) in [6.45, 7) is 4.43. The number of rotatable bonds is 41. The van der Waals surface area contributed by atoms with E-state index in [0.717, 1.165) is 57.3 Å². The van der Waals surface area contributed by atoms with Crippen molar-refractivity contribution in [3.8, 4) is 0 Å². The second-order valence-electron chi connectivity index (χ2n) is 17.7. The van der Waals surface area contributed by atoms with Crippen LogP contribution in [0.25, 0.3) is 0 Å². The lowest BCUT2D eigenvalue weighted by molar-refractivity contribution is -0.161. The van der Waals surface area contributed by atoms with Gasteiger partial charge >= 0.3 is 19.8 Å². The molecule has 1 aliphatic rings. The Morgan fingerprint density at radius 3 is 1.79 bits per heavy atom. The molecule has 6 N–H and O–H groups in total. The maximum atomic E-state index is 12.8. The zero-order chi connectivity index (χ0) is 45.1. The standard InChI is InChI=1S/C47H89O13P/c1-4-6-21-27-39(49)31-32-43-42(44(51)33-45(43)52)28-23-19-20-25-30-47(54)60-41(37-59-61(55,56)58-35-40(50)34-48)36-57-46(53)29-24-18-16-14-12-10-8-7-9-11-13-15-17-22-26-38(3)5-2/h31-32,38-45,48-52H,4-30,33-37H2,1-3H3,(H,55,56)/b32-31+/t38?,39-,40-,41+,42+,43+,44-,45+/m0/s1. The van der Waals surface area contributed by atoms with E-state index >= 15 is 0 Å². The fourth-order valence-electron chi connectivity index (χ4n) is 7.89. The van der Waals surface area contributed by atoms with Gasteiger partial charge in [-0.15, -0.1) is 0 Å². The second-order valence-corrected chi connectivity index (χ2v) is 19.2. The molecule has 1 saturated carbocycles. The molecule has 0 spiro atoms. The van der Waals surface area contributed by atoms with Crippen molar-refractivity contribution in [2.24, 2.45) is 17.8 Å². The molecule has 0 saturated heterocycles. The first-order chi connectivity index (χ1) is 29.3. The van der Waals surface area contributed by atoms with Gasteiger partial charge in [-0.25, -0.2) is 4.57 Å². The molecule has 0 aromatic heterocycles. The van der Waals surface area contributed by atoms with E-state index in [9.17, 15) is 39.5 Å². The summed E-state index contributed by atoms with van der Waals surface area (Å²) < 4.78 is 32.8. The average molecular weight is 893 g/mol. The number of aliphatic hydroxyl groups is 5. The topological polar surface area (TPSA) is 210 Å². The van der Waals surface area contributed by atoms with E-state index in [-0.39, 0.29) is 31.3 Å². The molecule has 61 heavy (non-hydrogen) atoms. The molecule has 1 aliphatic carbocycles. The van der Waals surface area contributed by atoms with Crippen molar-refractivity contribution in [1.82, 2.24) is 0 Å². The zero-order valence-corrected chi connectivity index (χ0v) is 39.3. The number of phosphoric ester groups is 1. The highest BCUT2D eigenvalue weighted by Crippen LogP contribution is 2.43. The lowest BCUT2D eigenvalue weighted by Crippen LogP contribution is -2.29. The highest BCUT2D eigenvalue weighted by Gasteiger charge is 2.39. The van der Waals surface area contributed by atoms with Crippen LogP contribution in [0, 0.1) is 17.8 Å². The lowest BCUT2D eigenvalue weighted by atomic mass is 9.88. The zero-order valence-electron chi connectivity index (χ0n) is 38.4. The summed E-state index contributed by atoms with van der Waals surface area (Å²) in [5.41, 5.74) is 0. The molecule has 13 nitrogen and oxygen atoms in total. The smallest absolute Gasteiger partial charge is 0.462 e. The fraction of sp³-hybridized carbons (Fsp3) is 0.915. The Bertz CT molecular complexity index is 1160. The van der Waals surface area contributed by atoms with Gasteiger partial charge < -0.3 is 39.9 Å². The lowest BCUT2D eigenvalue weighted by Gasteiger charge is -2.21. The largest absolute Gasteiger partial charge is 0.472 e. The first-order valence-electron chi connectivity index (χ1n) is 24.3. The van der Waals surface area contributed by atoms with Crippen LogP contribution in [0.1, 0.15) is 201 Å². The summed E-state index contributed by atoms with van der Waals surface area (Å²) in [4.78, 5) is 35.3. The van der Waals surface area contributed by atoms with Crippen LogP contribution < -0.4 is 0 Å². The number of carbonyl (C=O) groups is 2. The van der Waals surface area contributed by atoms with Gasteiger partial charge in [0.05, 0.1) is 38.1 Å². The van der Waals surface area contributed by atoms with Crippen LogP contribution >= 0.6 is 7.82 Å². The van der Waals surface area contributed by atoms with Crippen LogP contribution in [0.3, 0.4) is 0 Å². The van der Waals surface area contributed by atoms with Crippen LogP contribution in [0.2, 0.25) is 0 Å². The number of hydrogen-bond donors (Lipinski definition) is 6. The summed E-state index contributed by atoms with van der Waals surface area (Å²) in [5, 5.41) is 49.8. The van der Waals surface area contributed by atoms with Crippen LogP contribution in [-0.2, 0) is 32.7 Å². The van der Waals surface area contributed by atoms with Crippen molar-refractivity contribution in [2.45, 2.75) is 231 Å². The first kappa shape index (κ1) is 57.6. The quantitative estimate of drug-likeness (QED) is 0.0146. The second kappa shape index (κ2) is 36.9. The number of hydrogen-bond acceptors (Lipinski definition) is 12. The van der Waals surface area contributed by atoms with Crippen LogP contribution in [0.15, 0.2) is 12.2 Å². The summed E-state index contributed by atoms with van der Waals surface area (Å²) in [6.07, 6.45) is 26.6. The average Bonchev–Trinajstić information content (AvgIpc) is 3.51. The normalized spacial score (nSPS) is 21.0. The van der Waals surface area contributed by atoms with Crippen molar-refractivity contribution in [2.75, 3.05) is 26.4 Å². The number of ether oxygens (including phenoxy) is 2. The minimum absolute atomic E-state index is 0.0607. The Balaban J connectivity index is 2.38. The summed E-state index contributed by atoms with van der Waals surface area (Å²) in [7, 11) is -4.68. The highest BCUT2D eigenvalue weighted by molar-refractivity contribution is 7.47. The van der Waals surface area contributed by atoms with Crippen molar-refractivity contribution in [3.05, 3.63) is 12.2 Å². The summed E-state index contributed by atoms with van der Waals surface area (Å²) in [5.74, 6) is -0.524. The van der Waals surface area contributed by atoms with Gasteiger partial charge in [-0.1, -0.05) is 168 Å². The Kier molecular flexibility index (Phi) is 34.8. The van der Waals surface area contributed by atoms with Gasteiger partial charge in [0.15, 0.2) is 6.10 Å². The SMILES string of the molecule is CCCCC[C@H](O)/C=C/[C@@H]1[C@@H](CCCCCCC(=O)O[C@H](COC(=O)CCCCCCCCCCCCCCCCC(C)CC)COP(=O)(O)OC[C@@H](O)CO)[C@@H](O)C[C@H]1O. The third-order valence-corrected chi connectivity index (χ3v) is 13.0. The molecule has 9 atom stereocenters. The van der Waals surface area contributed by atoms with Crippen molar-refractivity contribution in [3.63, 3.8) is 0 Å². The number of carbonyl (C=O) groups excluding carboxylic acids is 2. The monoisotopic (exact) mass is 893 g/mol. The van der Waals surface area contributed by atoms with Crippen molar-refractivity contribution < 1.29 is 63.1 Å². The maximum Gasteiger partial charge on any atom is 0.472 e. The van der Waals surface area contributed by atoms with Crippen molar-refractivity contribution in [1.29, 1.82) is 0 Å².